The van der Waals surface area contributed by atoms with E-state index in [4.69, 9.17) is 9.84 Å². The first-order valence-corrected chi connectivity index (χ1v) is 6.57. The fourth-order valence-electron chi connectivity index (χ4n) is 2.78. The fourth-order valence-corrected chi connectivity index (χ4v) is 2.78. The van der Waals surface area contributed by atoms with Gasteiger partial charge in [-0.1, -0.05) is 0 Å². The molecule has 3 N–H and O–H groups in total. The quantitative estimate of drug-likeness (QED) is 0.698. The molecule has 1 aliphatic heterocycles. The van der Waals surface area contributed by atoms with E-state index in [2.05, 4.69) is 10.6 Å². The molecule has 0 aromatic heterocycles. The summed E-state index contributed by atoms with van der Waals surface area (Å²) in [5.74, 6) is 0. The lowest BCUT2D eigenvalue weighted by molar-refractivity contribution is 0.0726. The van der Waals surface area contributed by atoms with E-state index in [-0.39, 0.29) is 6.04 Å². The number of hydrogen-bond acceptors (Lipinski definition) is 3. The normalized spacial score (nSPS) is 31.1. The third-order valence-electron chi connectivity index (χ3n) is 3.75. The molecule has 5 heteroatoms. The topological polar surface area (TPSA) is 70.6 Å². The molecule has 17 heavy (non-hydrogen) atoms. The van der Waals surface area contributed by atoms with Gasteiger partial charge in [0.25, 0.3) is 0 Å². The molecule has 1 amide bonds. The summed E-state index contributed by atoms with van der Waals surface area (Å²) in [7, 11) is 0. The maximum absolute atomic E-state index is 10.5. The van der Waals surface area contributed by atoms with E-state index in [1.165, 1.54) is 0 Å². The molecule has 0 aromatic carbocycles. The van der Waals surface area contributed by atoms with Crippen molar-refractivity contribution in [1.29, 1.82) is 0 Å². The van der Waals surface area contributed by atoms with E-state index in [0.29, 0.717) is 12.1 Å². The standard InChI is InChI=1S/C12H22N2O3/c15-12(16)14-10-3-1-9(2-4-10)13-11-5-7-17-8-6-11/h9-11,13-14H,1-8H2,(H,15,16). The fraction of sp³-hybridized carbons (Fsp3) is 0.917. The van der Waals surface area contributed by atoms with Crippen LogP contribution in [0.15, 0.2) is 0 Å². The van der Waals surface area contributed by atoms with Crippen molar-refractivity contribution in [3.8, 4) is 0 Å². The van der Waals surface area contributed by atoms with Crippen LogP contribution in [0, 0.1) is 0 Å². The van der Waals surface area contributed by atoms with E-state index < -0.39 is 6.09 Å². The van der Waals surface area contributed by atoms with Crippen molar-refractivity contribution in [2.75, 3.05) is 13.2 Å². The molecule has 0 bridgehead atoms. The van der Waals surface area contributed by atoms with E-state index >= 15 is 0 Å². The second-order valence-electron chi connectivity index (χ2n) is 5.05. The van der Waals surface area contributed by atoms with Gasteiger partial charge in [-0.05, 0) is 38.5 Å². The van der Waals surface area contributed by atoms with Crippen molar-refractivity contribution in [2.45, 2.75) is 56.7 Å². The zero-order valence-electron chi connectivity index (χ0n) is 10.2. The minimum absolute atomic E-state index is 0.153. The number of amides is 1. The summed E-state index contributed by atoms with van der Waals surface area (Å²) < 4.78 is 5.33. The van der Waals surface area contributed by atoms with Gasteiger partial charge >= 0.3 is 6.09 Å². The number of carboxylic acid groups (broad SMARTS) is 1. The Morgan fingerprint density at radius 2 is 1.47 bits per heavy atom. The van der Waals surface area contributed by atoms with Gasteiger partial charge in [0, 0.05) is 31.3 Å². The van der Waals surface area contributed by atoms with Crippen molar-refractivity contribution in [1.82, 2.24) is 10.6 Å². The van der Waals surface area contributed by atoms with Crippen molar-refractivity contribution in [3.05, 3.63) is 0 Å². The monoisotopic (exact) mass is 242 g/mol. The highest BCUT2D eigenvalue weighted by atomic mass is 16.5. The van der Waals surface area contributed by atoms with Crippen molar-refractivity contribution >= 4 is 6.09 Å². The van der Waals surface area contributed by atoms with Crippen LogP contribution in [-0.4, -0.2) is 42.5 Å². The van der Waals surface area contributed by atoms with Crippen LogP contribution in [0.25, 0.3) is 0 Å². The number of hydrogen-bond donors (Lipinski definition) is 3. The van der Waals surface area contributed by atoms with E-state index in [9.17, 15) is 4.79 Å². The van der Waals surface area contributed by atoms with Crippen molar-refractivity contribution < 1.29 is 14.6 Å². The maximum Gasteiger partial charge on any atom is 0.404 e. The molecule has 0 aromatic rings. The average molecular weight is 242 g/mol. The lowest BCUT2D eigenvalue weighted by Gasteiger charge is -2.33. The van der Waals surface area contributed by atoms with Gasteiger partial charge in [-0.2, -0.15) is 0 Å². The molecule has 5 nitrogen and oxygen atoms in total. The molecule has 1 heterocycles. The number of carbonyl (C=O) groups is 1. The summed E-state index contributed by atoms with van der Waals surface area (Å²) in [4.78, 5) is 10.5. The molecule has 1 saturated carbocycles. The second kappa shape index (κ2) is 6.21. The molecule has 98 valence electrons. The first-order chi connectivity index (χ1) is 8.24. The summed E-state index contributed by atoms with van der Waals surface area (Å²) in [5.41, 5.74) is 0. The molecule has 2 rings (SSSR count). The van der Waals surface area contributed by atoms with Crippen LogP contribution in [0.4, 0.5) is 4.79 Å². The second-order valence-corrected chi connectivity index (χ2v) is 5.05. The van der Waals surface area contributed by atoms with E-state index in [1.807, 2.05) is 0 Å². The molecule has 0 unspecified atom stereocenters. The predicted octanol–water partition coefficient (Wildman–Crippen LogP) is 1.33. The highest BCUT2D eigenvalue weighted by Gasteiger charge is 2.24. The van der Waals surface area contributed by atoms with Gasteiger partial charge in [-0.25, -0.2) is 4.79 Å². The first kappa shape index (κ1) is 12.6. The van der Waals surface area contributed by atoms with Crippen LogP contribution in [0.1, 0.15) is 38.5 Å². The van der Waals surface area contributed by atoms with Crippen molar-refractivity contribution in [3.63, 3.8) is 0 Å². The molecule has 0 atom stereocenters. The Morgan fingerprint density at radius 1 is 0.941 bits per heavy atom. The van der Waals surface area contributed by atoms with Crippen LogP contribution >= 0.6 is 0 Å². The van der Waals surface area contributed by atoms with Crippen LogP contribution in [-0.2, 0) is 4.74 Å². The maximum atomic E-state index is 10.5. The Bertz CT molecular complexity index is 246. The molecule has 1 aliphatic carbocycles. The lowest BCUT2D eigenvalue weighted by Crippen LogP contribution is -2.46. The number of rotatable bonds is 3. The summed E-state index contributed by atoms with van der Waals surface area (Å²) in [6, 6.07) is 1.31. The minimum Gasteiger partial charge on any atom is -0.465 e. The average Bonchev–Trinajstić information content (AvgIpc) is 2.32. The van der Waals surface area contributed by atoms with Crippen LogP contribution < -0.4 is 10.6 Å². The first-order valence-electron chi connectivity index (χ1n) is 6.57. The molecular weight excluding hydrogens is 220 g/mol. The molecule has 2 aliphatic rings. The van der Waals surface area contributed by atoms with Gasteiger partial charge in [-0.3, -0.25) is 0 Å². The summed E-state index contributed by atoms with van der Waals surface area (Å²) in [6.07, 6.45) is 5.36. The number of ether oxygens (including phenoxy) is 1. The van der Waals surface area contributed by atoms with Gasteiger partial charge in [0.15, 0.2) is 0 Å². The Balaban J connectivity index is 1.66. The molecule has 0 radical (unpaired) electrons. The highest BCUT2D eigenvalue weighted by Crippen LogP contribution is 2.20. The van der Waals surface area contributed by atoms with Gasteiger partial charge in [0.2, 0.25) is 0 Å². The third kappa shape index (κ3) is 4.16. The van der Waals surface area contributed by atoms with Crippen LogP contribution in [0.3, 0.4) is 0 Å². The van der Waals surface area contributed by atoms with Gasteiger partial charge in [-0.15, -0.1) is 0 Å². The molecule has 0 spiro atoms. The van der Waals surface area contributed by atoms with Crippen LogP contribution in [0.5, 0.6) is 0 Å². The highest BCUT2D eigenvalue weighted by molar-refractivity contribution is 5.64. The summed E-state index contributed by atoms with van der Waals surface area (Å²) in [5, 5.41) is 14.9. The largest absolute Gasteiger partial charge is 0.465 e. The molecule has 2 fully saturated rings. The van der Waals surface area contributed by atoms with E-state index in [1.54, 1.807) is 0 Å². The van der Waals surface area contributed by atoms with Gasteiger partial charge in [0.05, 0.1) is 0 Å². The lowest BCUT2D eigenvalue weighted by atomic mass is 9.90. The smallest absolute Gasteiger partial charge is 0.404 e. The van der Waals surface area contributed by atoms with Crippen molar-refractivity contribution in [2.24, 2.45) is 0 Å². The summed E-state index contributed by atoms with van der Waals surface area (Å²) >= 11 is 0. The predicted molar refractivity (Wildman–Crippen MR) is 64.2 cm³/mol. The van der Waals surface area contributed by atoms with Gasteiger partial charge < -0.3 is 20.5 Å². The molecular formula is C12H22N2O3. The van der Waals surface area contributed by atoms with Gasteiger partial charge in [0.1, 0.15) is 0 Å². The molecule has 1 saturated heterocycles. The zero-order valence-corrected chi connectivity index (χ0v) is 10.2. The Kier molecular flexibility index (Phi) is 4.62. The Labute approximate surface area is 102 Å². The van der Waals surface area contributed by atoms with Crippen LogP contribution in [0.2, 0.25) is 0 Å². The third-order valence-corrected chi connectivity index (χ3v) is 3.75. The Hall–Kier alpha value is -0.810. The zero-order chi connectivity index (χ0) is 12.1. The van der Waals surface area contributed by atoms with E-state index in [0.717, 1.165) is 51.7 Å². The minimum atomic E-state index is -0.897. The SMILES string of the molecule is O=C(O)NC1CCC(NC2CCOCC2)CC1. The Morgan fingerprint density at radius 3 is 2.06 bits per heavy atom. The summed E-state index contributed by atoms with van der Waals surface area (Å²) in [6.45, 7) is 1.74. The number of nitrogens with one attached hydrogen (secondary N) is 2.